The third-order valence-electron chi connectivity index (χ3n) is 8.15. The van der Waals surface area contributed by atoms with Crippen molar-refractivity contribution >= 4 is 17.5 Å². The normalized spacial score (nSPS) is 46.6. The summed E-state index contributed by atoms with van der Waals surface area (Å²) in [6, 6.07) is 0. The standard InChI is InChI=1S/C20H30O7/c1-18(7-6-16(25)26)14(23)4-3-11-12-5-8-20(27,15(24)10-21)19(12,2)9-13(22)17(11)18/h11-13,17,21-22,27H,3-10H2,1-2H3,(H,25,26). The van der Waals surface area contributed by atoms with Gasteiger partial charge in [0.15, 0.2) is 5.78 Å². The number of fused-ring (bicyclic) bond motifs is 3. The summed E-state index contributed by atoms with van der Waals surface area (Å²) in [5.41, 5.74) is -3.44. The molecule has 3 aliphatic carbocycles. The Hall–Kier alpha value is -1.31. The van der Waals surface area contributed by atoms with Crippen molar-refractivity contribution in [2.24, 2.45) is 28.6 Å². The third-order valence-corrected chi connectivity index (χ3v) is 8.15. The van der Waals surface area contributed by atoms with Crippen LogP contribution in [0.15, 0.2) is 0 Å². The van der Waals surface area contributed by atoms with Crippen LogP contribution in [0, 0.1) is 28.6 Å². The van der Waals surface area contributed by atoms with E-state index >= 15 is 0 Å². The maximum atomic E-state index is 12.7. The fourth-order valence-corrected chi connectivity index (χ4v) is 6.69. The minimum absolute atomic E-state index is 0.00709. The van der Waals surface area contributed by atoms with Crippen LogP contribution in [-0.4, -0.2) is 56.3 Å². The van der Waals surface area contributed by atoms with Gasteiger partial charge >= 0.3 is 5.97 Å². The zero-order chi connectivity index (χ0) is 20.2. The fourth-order valence-electron chi connectivity index (χ4n) is 6.69. The van der Waals surface area contributed by atoms with Gasteiger partial charge in [0.25, 0.3) is 0 Å². The average Bonchev–Trinajstić information content (AvgIpc) is 2.87. The number of hydrogen-bond donors (Lipinski definition) is 4. The molecule has 7 heteroatoms. The minimum Gasteiger partial charge on any atom is -0.481 e. The second-order valence-corrected chi connectivity index (χ2v) is 9.24. The fraction of sp³-hybridized carbons (Fsp3) is 0.850. The number of carboxylic acids is 1. The van der Waals surface area contributed by atoms with Crippen molar-refractivity contribution in [2.75, 3.05) is 6.61 Å². The van der Waals surface area contributed by atoms with Gasteiger partial charge in [0.1, 0.15) is 18.0 Å². The number of aliphatic carboxylic acids is 1. The molecule has 0 saturated heterocycles. The topological polar surface area (TPSA) is 132 Å². The first-order chi connectivity index (χ1) is 12.5. The largest absolute Gasteiger partial charge is 0.481 e. The van der Waals surface area contributed by atoms with Crippen molar-refractivity contribution in [1.29, 1.82) is 0 Å². The van der Waals surface area contributed by atoms with Gasteiger partial charge in [-0.05, 0) is 43.9 Å². The van der Waals surface area contributed by atoms with E-state index in [9.17, 15) is 29.7 Å². The Morgan fingerprint density at radius 1 is 1.22 bits per heavy atom. The molecular formula is C20H30O7. The zero-order valence-electron chi connectivity index (χ0n) is 16.0. The maximum absolute atomic E-state index is 12.7. The molecule has 3 saturated carbocycles. The van der Waals surface area contributed by atoms with Gasteiger partial charge in [0, 0.05) is 29.6 Å². The van der Waals surface area contributed by atoms with Crippen molar-refractivity contribution in [3.8, 4) is 0 Å². The van der Waals surface area contributed by atoms with Gasteiger partial charge in [0.05, 0.1) is 6.10 Å². The van der Waals surface area contributed by atoms with Gasteiger partial charge in [-0.25, -0.2) is 0 Å². The first kappa shape index (κ1) is 20.4. The summed E-state index contributed by atoms with van der Waals surface area (Å²) in [5, 5.41) is 40.6. The van der Waals surface area contributed by atoms with Gasteiger partial charge < -0.3 is 20.4 Å². The Bertz CT molecular complexity index is 661. The van der Waals surface area contributed by atoms with Crippen LogP contribution in [0.5, 0.6) is 0 Å². The molecule has 0 aromatic rings. The third kappa shape index (κ3) is 2.77. The highest BCUT2D eigenvalue weighted by Crippen LogP contribution is 2.65. The van der Waals surface area contributed by atoms with Crippen LogP contribution < -0.4 is 0 Å². The molecule has 27 heavy (non-hydrogen) atoms. The highest BCUT2D eigenvalue weighted by Gasteiger charge is 2.68. The van der Waals surface area contributed by atoms with Gasteiger partial charge in [-0.2, -0.15) is 0 Å². The molecule has 0 aliphatic heterocycles. The molecule has 3 rings (SSSR count). The Morgan fingerprint density at radius 3 is 2.48 bits per heavy atom. The highest BCUT2D eigenvalue weighted by atomic mass is 16.4. The van der Waals surface area contributed by atoms with E-state index in [1.54, 1.807) is 6.92 Å². The van der Waals surface area contributed by atoms with E-state index in [-0.39, 0.29) is 49.2 Å². The van der Waals surface area contributed by atoms with E-state index in [0.717, 1.165) is 0 Å². The molecule has 0 spiro atoms. The number of rotatable bonds is 5. The van der Waals surface area contributed by atoms with Crippen molar-refractivity contribution in [2.45, 2.75) is 70.5 Å². The molecule has 7 atom stereocenters. The molecule has 0 aromatic heterocycles. The summed E-state index contributed by atoms with van der Waals surface area (Å²) in [5.74, 6) is -2.07. The van der Waals surface area contributed by atoms with Crippen molar-refractivity contribution in [3.63, 3.8) is 0 Å². The summed E-state index contributed by atoms with van der Waals surface area (Å²) in [7, 11) is 0. The molecule has 152 valence electrons. The summed E-state index contributed by atoms with van der Waals surface area (Å²) < 4.78 is 0. The summed E-state index contributed by atoms with van der Waals surface area (Å²) in [4.78, 5) is 36.2. The molecular weight excluding hydrogens is 352 g/mol. The van der Waals surface area contributed by atoms with Crippen LogP contribution in [0.2, 0.25) is 0 Å². The van der Waals surface area contributed by atoms with E-state index in [1.807, 2.05) is 6.92 Å². The lowest BCUT2D eigenvalue weighted by atomic mass is 9.46. The second-order valence-electron chi connectivity index (χ2n) is 9.24. The van der Waals surface area contributed by atoms with Crippen LogP contribution in [0.4, 0.5) is 0 Å². The SMILES string of the molecule is CC1(CCC(=O)O)C(=O)CCC2C1C(O)CC1(C)C2CCC1(O)C(=O)CO. The van der Waals surface area contributed by atoms with Crippen molar-refractivity contribution in [1.82, 2.24) is 0 Å². The number of aliphatic hydroxyl groups is 3. The average molecular weight is 382 g/mol. The minimum atomic E-state index is -1.67. The number of aliphatic hydroxyl groups excluding tert-OH is 2. The lowest BCUT2D eigenvalue weighted by Gasteiger charge is -2.58. The second kappa shape index (κ2) is 6.64. The summed E-state index contributed by atoms with van der Waals surface area (Å²) >= 11 is 0. The molecule has 0 radical (unpaired) electrons. The van der Waals surface area contributed by atoms with E-state index < -0.39 is 40.9 Å². The Labute approximate surface area is 158 Å². The van der Waals surface area contributed by atoms with Gasteiger partial charge in [0.2, 0.25) is 0 Å². The Morgan fingerprint density at radius 2 is 1.89 bits per heavy atom. The highest BCUT2D eigenvalue weighted by molar-refractivity contribution is 5.90. The number of carboxylic acid groups (broad SMARTS) is 1. The molecule has 3 aliphatic rings. The van der Waals surface area contributed by atoms with E-state index in [4.69, 9.17) is 5.11 Å². The lowest BCUT2D eigenvalue weighted by molar-refractivity contribution is -0.189. The lowest BCUT2D eigenvalue weighted by Crippen LogP contribution is -2.62. The van der Waals surface area contributed by atoms with E-state index in [1.165, 1.54) is 0 Å². The first-order valence-electron chi connectivity index (χ1n) is 9.81. The van der Waals surface area contributed by atoms with Gasteiger partial charge in [-0.15, -0.1) is 0 Å². The number of ketones is 2. The zero-order valence-corrected chi connectivity index (χ0v) is 16.0. The molecule has 0 aromatic carbocycles. The van der Waals surface area contributed by atoms with Crippen LogP contribution in [0.1, 0.15) is 58.8 Å². The molecule has 4 N–H and O–H groups in total. The Balaban J connectivity index is 1.97. The van der Waals surface area contributed by atoms with Gasteiger partial charge in [-0.3, -0.25) is 14.4 Å². The van der Waals surface area contributed by atoms with E-state index in [0.29, 0.717) is 19.3 Å². The monoisotopic (exact) mass is 382 g/mol. The van der Waals surface area contributed by atoms with Crippen LogP contribution in [0.3, 0.4) is 0 Å². The van der Waals surface area contributed by atoms with Crippen LogP contribution in [-0.2, 0) is 14.4 Å². The first-order valence-corrected chi connectivity index (χ1v) is 9.81. The molecule has 7 nitrogen and oxygen atoms in total. The molecule has 7 unspecified atom stereocenters. The van der Waals surface area contributed by atoms with Crippen LogP contribution in [0.25, 0.3) is 0 Å². The number of carbonyl (C=O) groups is 3. The smallest absolute Gasteiger partial charge is 0.303 e. The van der Waals surface area contributed by atoms with Crippen molar-refractivity contribution < 1.29 is 34.8 Å². The predicted molar refractivity (Wildman–Crippen MR) is 94.7 cm³/mol. The number of carbonyl (C=O) groups excluding carboxylic acids is 2. The van der Waals surface area contributed by atoms with E-state index in [2.05, 4.69) is 0 Å². The number of Topliss-reactive ketones (excluding diaryl/α,β-unsaturated/α-hetero) is 2. The molecule has 3 fully saturated rings. The van der Waals surface area contributed by atoms with Gasteiger partial charge in [-0.1, -0.05) is 13.8 Å². The summed E-state index contributed by atoms with van der Waals surface area (Å²) in [6.45, 7) is 2.83. The quantitative estimate of drug-likeness (QED) is 0.556. The van der Waals surface area contributed by atoms with Crippen LogP contribution >= 0.6 is 0 Å². The molecule has 0 amide bonds. The predicted octanol–water partition coefficient (Wildman–Crippen LogP) is 0.926. The van der Waals surface area contributed by atoms with Crippen molar-refractivity contribution in [3.05, 3.63) is 0 Å². The molecule has 0 bridgehead atoms. The number of hydrogen-bond acceptors (Lipinski definition) is 6. The molecule has 0 heterocycles. The summed E-state index contributed by atoms with van der Waals surface area (Å²) in [6.07, 6.45) is 1.04. The Kier molecular flexibility index (Phi) is 5.02. The maximum Gasteiger partial charge on any atom is 0.303 e.